The zero-order chi connectivity index (χ0) is 10.6. The maximum absolute atomic E-state index is 13.4. The molecule has 1 aromatic carbocycles. The van der Waals surface area contributed by atoms with Gasteiger partial charge in [-0.05, 0) is 6.07 Å². The molecule has 0 N–H and O–H groups in total. The number of benzene rings is 1. The number of ether oxygens (including phenoxy) is 2. The molecule has 0 spiro atoms. The lowest BCUT2D eigenvalue weighted by atomic mass is 10.1. The van der Waals surface area contributed by atoms with E-state index in [2.05, 4.69) is 4.74 Å². The van der Waals surface area contributed by atoms with Gasteiger partial charge in [-0.2, -0.15) is 0 Å². The van der Waals surface area contributed by atoms with Gasteiger partial charge in [-0.25, -0.2) is 4.39 Å². The van der Waals surface area contributed by atoms with Crippen LogP contribution in [0.25, 0.3) is 0 Å². The first-order valence-electron chi connectivity index (χ1n) is 4.07. The van der Waals surface area contributed by atoms with Gasteiger partial charge in [0.25, 0.3) is 0 Å². The minimum Gasteiger partial charge on any atom is -0.494 e. The topological polar surface area (TPSA) is 35.5 Å². The van der Waals surface area contributed by atoms with Crippen molar-refractivity contribution < 1.29 is 18.7 Å². The van der Waals surface area contributed by atoms with Crippen LogP contribution in [0.4, 0.5) is 4.39 Å². The second-order valence-corrected chi connectivity index (χ2v) is 2.69. The molecule has 1 aromatic rings. The molecule has 0 atom stereocenters. The molecule has 0 amide bonds. The Bertz CT molecular complexity index is 336. The van der Waals surface area contributed by atoms with Gasteiger partial charge in [0, 0.05) is 5.56 Å². The van der Waals surface area contributed by atoms with Crippen LogP contribution in [0.15, 0.2) is 18.2 Å². The SMILES string of the molecule is COC(=O)Cc1cccc(OC)c1F. The second-order valence-electron chi connectivity index (χ2n) is 2.69. The number of halogens is 1. The number of carbonyl (C=O) groups is 1. The van der Waals surface area contributed by atoms with E-state index in [1.165, 1.54) is 26.4 Å². The van der Waals surface area contributed by atoms with Crippen molar-refractivity contribution >= 4 is 5.97 Å². The van der Waals surface area contributed by atoms with Crippen molar-refractivity contribution in [3.63, 3.8) is 0 Å². The molecular formula is C10H11FO3. The van der Waals surface area contributed by atoms with Crippen molar-refractivity contribution in [1.29, 1.82) is 0 Å². The Morgan fingerprint density at radius 3 is 2.71 bits per heavy atom. The fourth-order valence-corrected chi connectivity index (χ4v) is 1.08. The van der Waals surface area contributed by atoms with E-state index in [9.17, 15) is 9.18 Å². The first-order chi connectivity index (χ1) is 6.69. The molecule has 0 aliphatic rings. The normalized spacial score (nSPS) is 9.64. The molecule has 0 bridgehead atoms. The van der Waals surface area contributed by atoms with Crippen LogP contribution in [0.2, 0.25) is 0 Å². The van der Waals surface area contributed by atoms with Gasteiger partial charge >= 0.3 is 5.97 Å². The van der Waals surface area contributed by atoms with Crippen molar-refractivity contribution in [3.05, 3.63) is 29.6 Å². The Kier molecular flexibility index (Phi) is 3.45. The van der Waals surface area contributed by atoms with E-state index >= 15 is 0 Å². The van der Waals surface area contributed by atoms with Crippen LogP contribution in [-0.2, 0) is 16.0 Å². The van der Waals surface area contributed by atoms with E-state index in [0.717, 1.165) is 0 Å². The molecule has 0 fully saturated rings. The molecule has 0 aliphatic heterocycles. The lowest BCUT2D eigenvalue weighted by molar-refractivity contribution is -0.139. The summed E-state index contributed by atoms with van der Waals surface area (Å²) in [6.45, 7) is 0. The summed E-state index contributed by atoms with van der Waals surface area (Å²) in [5, 5.41) is 0. The van der Waals surface area contributed by atoms with Gasteiger partial charge in [-0.1, -0.05) is 12.1 Å². The molecule has 1 rings (SSSR count). The summed E-state index contributed by atoms with van der Waals surface area (Å²) in [5.41, 5.74) is 0.274. The molecule has 0 heterocycles. The van der Waals surface area contributed by atoms with E-state index in [-0.39, 0.29) is 17.7 Å². The van der Waals surface area contributed by atoms with Crippen molar-refractivity contribution in [2.75, 3.05) is 14.2 Å². The smallest absolute Gasteiger partial charge is 0.310 e. The molecular weight excluding hydrogens is 187 g/mol. The van der Waals surface area contributed by atoms with Crippen molar-refractivity contribution in [2.45, 2.75) is 6.42 Å². The zero-order valence-electron chi connectivity index (χ0n) is 8.04. The molecule has 4 heteroatoms. The third-order valence-electron chi connectivity index (χ3n) is 1.83. The first kappa shape index (κ1) is 10.5. The number of methoxy groups -OCH3 is 2. The largest absolute Gasteiger partial charge is 0.494 e. The van der Waals surface area contributed by atoms with E-state index in [1.807, 2.05) is 0 Å². The van der Waals surface area contributed by atoms with Crippen LogP contribution in [0.1, 0.15) is 5.56 Å². The predicted octanol–water partition coefficient (Wildman–Crippen LogP) is 1.55. The summed E-state index contributed by atoms with van der Waals surface area (Å²) < 4.78 is 22.6. The number of hydrogen-bond donors (Lipinski definition) is 0. The van der Waals surface area contributed by atoms with Gasteiger partial charge in [0.2, 0.25) is 0 Å². The number of hydrogen-bond acceptors (Lipinski definition) is 3. The Morgan fingerprint density at radius 1 is 1.43 bits per heavy atom. The van der Waals surface area contributed by atoms with E-state index < -0.39 is 11.8 Å². The fraction of sp³-hybridized carbons (Fsp3) is 0.300. The van der Waals surface area contributed by atoms with Gasteiger partial charge < -0.3 is 9.47 Å². The highest BCUT2D eigenvalue weighted by molar-refractivity contribution is 5.72. The average Bonchev–Trinajstić information content (AvgIpc) is 2.21. The molecule has 76 valence electrons. The van der Waals surface area contributed by atoms with Gasteiger partial charge in [-0.15, -0.1) is 0 Å². The lowest BCUT2D eigenvalue weighted by Crippen LogP contribution is -2.06. The molecule has 0 radical (unpaired) electrons. The summed E-state index contributed by atoms with van der Waals surface area (Å²) >= 11 is 0. The first-order valence-corrected chi connectivity index (χ1v) is 4.07. The maximum atomic E-state index is 13.4. The third kappa shape index (κ3) is 2.22. The van der Waals surface area contributed by atoms with Crippen LogP contribution in [0, 0.1) is 5.82 Å². The van der Waals surface area contributed by atoms with Crippen LogP contribution in [-0.4, -0.2) is 20.2 Å². The standard InChI is InChI=1S/C10H11FO3/c1-13-8-5-3-4-7(10(8)11)6-9(12)14-2/h3-5H,6H2,1-2H3. The Morgan fingerprint density at radius 2 is 2.14 bits per heavy atom. The number of carbonyl (C=O) groups excluding carboxylic acids is 1. The summed E-state index contributed by atoms with van der Waals surface area (Å²) in [6, 6.07) is 4.64. The molecule has 0 aromatic heterocycles. The summed E-state index contributed by atoms with van der Waals surface area (Å²) in [4.78, 5) is 10.9. The van der Waals surface area contributed by atoms with Crippen LogP contribution in [0.5, 0.6) is 5.75 Å². The monoisotopic (exact) mass is 198 g/mol. The molecule has 0 unspecified atom stereocenters. The number of esters is 1. The quantitative estimate of drug-likeness (QED) is 0.691. The van der Waals surface area contributed by atoms with Gasteiger partial charge in [-0.3, -0.25) is 4.79 Å². The molecule has 0 aliphatic carbocycles. The lowest BCUT2D eigenvalue weighted by Gasteiger charge is -2.05. The molecule has 0 saturated heterocycles. The summed E-state index contributed by atoms with van der Waals surface area (Å²) in [7, 11) is 2.64. The van der Waals surface area contributed by atoms with Crippen molar-refractivity contribution in [2.24, 2.45) is 0 Å². The molecule has 14 heavy (non-hydrogen) atoms. The van der Waals surface area contributed by atoms with Gasteiger partial charge in [0.1, 0.15) is 0 Å². The minimum absolute atomic E-state index is 0.0838. The Labute approximate surface area is 81.4 Å². The fourth-order valence-electron chi connectivity index (χ4n) is 1.08. The van der Waals surface area contributed by atoms with Crippen LogP contribution in [0.3, 0.4) is 0 Å². The Hall–Kier alpha value is -1.58. The molecule has 3 nitrogen and oxygen atoms in total. The zero-order valence-corrected chi connectivity index (χ0v) is 8.04. The van der Waals surface area contributed by atoms with E-state index in [0.29, 0.717) is 0 Å². The van der Waals surface area contributed by atoms with Crippen molar-refractivity contribution in [1.82, 2.24) is 0 Å². The van der Waals surface area contributed by atoms with E-state index in [1.54, 1.807) is 6.07 Å². The Balaban J connectivity index is 2.92. The number of rotatable bonds is 3. The van der Waals surface area contributed by atoms with E-state index in [4.69, 9.17) is 4.74 Å². The minimum atomic E-state index is -0.514. The van der Waals surface area contributed by atoms with Crippen LogP contribution >= 0.6 is 0 Å². The van der Waals surface area contributed by atoms with Gasteiger partial charge in [0.15, 0.2) is 11.6 Å². The second kappa shape index (κ2) is 4.60. The summed E-state index contributed by atoms with van der Waals surface area (Å²) in [6.07, 6.45) is -0.0838. The highest BCUT2D eigenvalue weighted by Gasteiger charge is 2.11. The van der Waals surface area contributed by atoms with Gasteiger partial charge in [0.05, 0.1) is 20.6 Å². The average molecular weight is 198 g/mol. The maximum Gasteiger partial charge on any atom is 0.310 e. The highest BCUT2D eigenvalue weighted by Crippen LogP contribution is 2.20. The van der Waals surface area contributed by atoms with Crippen molar-refractivity contribution in [3.8, 4) is 5.75 Å². The van der Waals surface area contributed by atoms with Crippen LogP contribution < -0.4 is 4.74 Å². The molecule has 0 saturated carbocycles. The third-order valence-corrected chi connectivity index (χ3v) is 1.83. The predicted molar refractivity (Wildman–Crippen MR) is 48.7 cm³/mol. The summed E-state index contributed by atoms with van der Waals surface area (Å²) in [5.74, 6) is -0.857. The highest BCUT2D eigenvalue weighted by atomic mass is 19.1.